The van der Waals surface area contributed by atoms with Crippen molar-refractivity contribution in [2.45, 2.75) is 174 Å². The van der Waals surface area contributed by atoms with Crippen LogP contribution in [0.25, 0.3) is 5.57 Å². The highest BCUT2D eigenvalue weighted by molar-refractivity contribution is 5.87. The van der Waals surface area contributed by atoms with Crippen LogP contribution in [0.15, 0.2) is 55.1 Å². The van der Waals surface area contributed by atoms with Gasteiger partial charge in [0.25, 0.3) is 0 Å². The molecular weight excluding hydrogens is 664 g/mol. The number of rotatable bonds is 12. The van der Waals surface area contributed by atoms with Crippen LogP contribution in [0, 0.1) is 23.7 Å². The third-order valence-electron chi connectivity index (χ3n) is 12.2. The summed E-state index contributed by atoms with van der Waals surface area (Å²) >= 11 is 0. The molecule has 0 aliphatic heterocycles. The lowest BCUT2D eigenvalue weighted by Gasteiger charge is -2.59. The van der Waals surface area contributed by atoms with Crippen LogP contribution in [0.1, 0.15) is 156 Å². The molecule has 53 heavy (non-hydrogen) atoms. The van der Waals surface area contributed by atoms with E-state index in [9.17, 15) is 14.7 Å². The summed E-state index contributed by atoms with van der Waals surface area (Å²) in [6, 6.07) is 8.02. The van der Waals surface area contributed by atoms with Gasteiger partial charge < -0.3 is 24.1 Å². The number of esters is 2. The number of carbonyl (C=O) groups excluding carboxylic acids is 2. The maximum atomic E-state index is 11.7. The Hall–Kier alpha value is -2.90. The normalized spacial score (nSPS) is 27.2. The quantitative estimate of drug-likeness (QED) is 0.130. The number of aliphatic hydroxyl groups is 1. The van der Waals surface area contributed by atoms with Crippen molar-refractivity contribution >= 4 is 17.5 Å². The molecule has 4 bridgehead atoms. The molecule has 0 heterocycles. The minimum absolute atomic E-state index is 0.190. The molecule has 1 aromatic carbocycles. The molecule has 7 nitrogen and oxygen atoms in total. The first-order chi connectivity index (χ1) is 25.0. The van der Waals surface area contributed by atoms with Crippen LogP contribution in [0.4, 0.5) is 0 Å². The molecule has 0 saturated heterocycles. The van der Waals surface area contributed by atoms with Crippen molar-refractivity contribution < 1.29 is 33.6 Å². The van der Waals surface area contributed by atoms with E-state index in [0.29, 0.717) is 35.3 Å². The van der Waals surface area contributed by atoms with E-state index in [4.69, 9.17) is 18.9 Å². The van der Waals surface area contributed by atoms with Crippen LogP contribution in [0.3, 0.4) is 0 Å². The fraction of sp³-hybridized carbons (Fsp3) is 0.696. The van der Waals surface area contributed by atoms with Gasteiger partial charge in [-0.05, 0) is 134 Å². The number of ether oxygens (including phenoxy) is 4. The lowest BCUT2D eigenvalue weighted by molar-refractivity contribution is -0.217. The minimum atomic E-state index is -0.570. The Kier molecular flexibility index (Phi) is 15.4. The Balaban J connectivity index is 0.000000180. The van der Waals surface area contributed by atoms with Gasteiger partial charge in [0.2, 0.25) is 0 Å². The molecule has 0 spiro atoms. The van der Waals surface area contributed by atoms with Gasteiger partial charge in [0.1, 0.15) is 17.0 Å². The van der Waals surface area contributed by atoms with Gasteiger partial charge in [-0.3, -0.25) is 0 Å². The molecule has 3 atom stereocenters. The van der Waals surface area contributed by atoms with Gasteiger partial charge in [-0.25, -0.2) is 9.59 Å². The van der Waals surface area contributed by atoms with Crippen LogP contribution >= 0.6 is 0 Å². The van der Waals surface area contributed by atoms with Crippen LogP contribution in [0.5, 0.6) is 5.75 Å². The van der Waals surface area contributed by atoms with E-state index in [1.165, 1.54) is 77.0 Å². The largest absolute Gasteiger partial charge is 0.465 e. The molecule has 6 saturated carbocycles. The second-order valence-electron chi connectivity index (χ2n) is 17.8. The Bertz CT molecular complexity index is 1380. The summed E-state index contributed by atoms with van der Waals surface area (Å²) in [5, 5.41) is 10.5. The first kappa shape index (κ1) is 42.8. The average molecular weight is 735 g/mol. The Morgan fingerprint density at radius 1 is 0.830 bits per heavy atom. The second kappa shape index (κ2) is 19.1. The van der Waals surface area contributed by atoms with Crippen molar-refractivity contribution in [3.8, 4) is 5.75 Å². The van der Waals surface area contributed by atoms with Gasteiger partial charge in [-0.15, -0.1) is 0 Å². The Morgan fingerprint density at radius 3 is 1.89 bits per heavy atom. The van der Waals surface area contributed by atoms with E-state index in [1.807, 2.05) is 52.0 Å². The molecule has 0 aromatic heterocycles. The zero-order valence-electron chi connectivity index (χ0n) is 33.9. The molecular formula is C46H70O7. The summed E-state index contributed by atoms with van der Waals surface area (Å²) in [5.41, 5.74) is 1.85. The van der Waals surface area contributed by atoms with E-state index in [0.717, 1.165) is 55.1 Å². The fourth-order valence-electron chi connectivity index (χ4n) is 9.66. The number of benzene rings is 1. The third kappa shape index (κ3) is 13.1. The summed E-state index contributed by atoms with van der Waals surface area (Å²) in [7, 11) is 0. The van der Waals surface area contributed by atoms with Crippen molar-refractivity contribution in [1.29, 1.82) is 0 Å². The maximum absolute atomic E-state index is 11.7. The summed E-state index contributed by atoms with van der Waals surface area (Å²) in [6.45, 7) is 23.4. The van der Waals surface area contributed by atoms with E-state index in [-0.39, 0.29) is 23.8 Å². The molecule has 1 N–H and O–H groups in total. The molecule has 6 aliphatic carbocycles. The van der Waals surface area contributed by atoms with E-state index in [1.54, 1.807) is 13.8 Å². The number of hydrogen-bond donors (Lipinski definition) is 1. The molecule has 1 aromatic rings. The molecule has 296 valence electrons. The third-order valence-corrected chi connectivity index (χ3v) is 12.2. The van der Waals surface area contributed by atoms with E-state index >= 15 is 0 Å². The van der Waals surface area contributed by atoms with Crippen molar-refractivity contribution in [2.75, 3.05) is 6.61 Å². The minimum Gasteiger partial charge on any atom is -0.465 e. The highest BCUT2D eigenvalue weighted by Crippen LogP contribution is 2.59. The molecule has 7 heteroatoms. The maximum Gasteiger partial charge on any atom is 0.333 e. The second-order valence-corrected chi connectivity index (χ2v) is 17.8. The first-order valence-corrected chi connectivity index (χ1v) is 20.5. The van der Waals surface area contributed by atoms with Crippen LogP contribution in [0.2, 0.25) is 0 Å². The predicted octanol–water partition coefficient (Wildman–Crippen LogP) is 11.1. The fourth-order valence-corrected chi connectivity index (χ4v) is 9.66. The topological polar surface area (TPSA) is 91.3 Å². The van der Waals surface area contributed by atoms with Crippen LogP contribution in [-0.2, 0) is 23.8 Å². The lowest BCUT2D eigenvalue weighted by atomic mass is 9.52. The number of carbonyl (C=O) groups is 2. The Labute approximate surface area is 321 Å². The number of allylic oxidation sites excluding steroid dienone is 1. The monoisotopic (exact) mass is 735 g/mol. The summed E-state index contributed by atoms with van der Waals surface area (Å²) in [6.07, 6.45) is 19.6. The molecule has 6 fully saturated rings. The first-order valence-electron chi connectivity index (χ1n) is 20.5. The lowest BCUT2D eigenvalue weighted by Crippen LogP contribution is -2.60. The standard InChI is InChI=1S/C19H28O2.C14H20O3.C13H22O2/c1-15(2)18-9-11-19(12-10-18)21-16(3)20-14-13-17-7-5-4-6-8-17;1-9(2)12(15)17-14-6-10-3-11(7-14)5-13(16,4-10)8-14;1-10(2)12(14)15-13(3,4)11-8-6-5-7-9-11/h9-12,16-17H,1,4-8,13-14H2,2-3H3;10-11,16H,1,3-8H2,2H3;11H,1,5-9H2,2-4H3. The molecule has 0 radical (unpaired) electrons. The van der Waals surface area contributed by atoms with E-state index in [2.05, 4.69) is 19.7 Å². The van der Waals surface area contributed by atoms with Crippen molar-refractivity contribution in [2.24, 2.45) is 23.7 Å². The van der Waals surface area contributed by atoms with Gasteiger partial charge in [0, 0.05) is 17.6 Å². The van der Waals surface area contributed by atoms with Crippen molar-refractivity contribution in [3.63, 3.8) is 0 Å². The average Bonchev–Trinajstić information content (AvgIpc) is 3.08. The zero-order valence-corrected chi connectivity index (χ0v) is 33.9. The zero-order chi connectivity index (χ0) is 38.8. The highest BCUT2D eigenvalue weighted by atomic mass is 16.7. The SMILES string of the molecule is C=C(C)C(=O)OC(C)(C)C1CCCCC1.C=C(C)C(=O)OC12CC3CC(CC(O)(C3)C1)C2.C=C(C)c1ccc(OC(C)OCCC2CCCCC2)cc1. The van der Waals surface area contributed by atoms with Gasteiger partial charge in [0.05, 0.1) is 12.2 Å². The molecule has 0 amide bonds. The van der Waals surface area contributed by atoms with Gasteiger partial charge >= 0.3 is 11.9 Å². The van der Waals surface area contributed by atoms with Crippen LogP contribution < -0.4 is 4.74 Å². The molecule has 7 rings (SSSR count). The Morgan fingerprint density at radius 2 is 1.38 bits per heavy atom. The molecule has 6 aliphatic rings. The van der Waals surface area contributed by atoms with Gasteiger partial charge in [-0.2, -0.15) is 0 Å². The van der Waals surface area contributed by atoms with Crippen molar-refractivity contribution in [3.05, 3.63) is 60.7 Å². The van der Waals surface area contributed by atoms with Gasteiger partial charge in [0.15, 0.2) is 6.29 Å². The van der Waals surface area contributed by atoms with E-state index < -0.39 is 11.2 Å². The summed E-state index contributed by atoms with van der Waals surface area (Å²) in [5.74, 6) is 2.75. The summed E-state index contributed by atoms with van der Waals surface area (Å²) < 4.78 is 22.8. The summed E-state index contributed by atoms with van der Waals surface area (Å²) in [4.78, 5) is 23.2. The molecule has 3 unspecified atom stereocenters. The number of hydrogen-bond acceptors (Lipinski definition) is 7. The smallest absolute Gasteiger partial charge is 0.333 e. The van der Waals surface area contributed by atoms with Gasteiger partial charge in [-0.1, -0.05) is 88.8 Å². The predicted molar refractivity (Wildman–Crippen MR) is 213 cm³/mol. The highest BCUT2D eigenvalue weighted by Gasteiger charge is 2.59. The van der Waals surface area contributed by atoms with Crippen molar-refractivity contribution in [1.82, 2.24) is 0 Å². The van der Waals surface area contributed by atoms with Crippen LogP contribution in [-0.4, -0.2) is 46.7 Å².